The number of hydrogen-bond acceptors (Lipinski definition) is 8. The number of aromatic nitrogens is 3. The number of nitrogens with zero attached hydrogens (tertiary/aromatic N) is 4. The number of hydrogen-bond donors (Lipinski definition) is 0. The molecule has 2 fully saturated rings. The molecule has 10 heteroatoms. The molecule has 30 heavy (non-hydrogen) atoms. The monoisotopic (exact) mass is 456 g/mol. The molecule has 3 aliphatic heterocycles. The maximum absolute atomic E-state index is 14.9. The van der Waals surface area contributed by atoms with Gasteiger partial charge in [-0.2, -0.15) is 0 Å². The van der Waals surface area contributed by atoms with Crippen LogP contribution < -0.4 is 4.90 Å². The molecule has 0 amide bonds. The van der Waals surface area contributed by atoms with Crippen LogP contribution in [0.4, 0.5) is 10.2 Å². The largest absolute Gasteiger partial charge is 0.374 e. The number of fused-ring (bicyclic) bond motifs is 2. The van der Waals surface area contributed by atoms with Crippen LogP contribution in [0.2, 0.25) is 5.15 Å². The standard InChI is InChI=1S/C18H20ClFN4O3S.C2H6/c1-2-28-17-22-14-12-11(21-15(19)13(14)20)4-3-10-7-25-9-18(26-5-6-27-18)8-24(10)16(12)23-17;1-2/h10H,2-9H2,1H3;1-2H3. The van der Waals surface area contributed by atoms with Gasteiger partial charge in [0.25, 0.3) is 0 Å². The molecule has 1 unspecified atom stereocenters. The van der Waals surface area contributed by atoms with Gasteiger partial charge < -0.3 is 19.1 Å². The van der Waals surface area contributed by atoms with Gasteiger partial charge in [0.05, 0.1) is 43.5 Å². The minimum atomic E-state index is -0.826. The highest BCUT2D eigenvalue weighted by molar-refractivity contribution is 7.99. The highest BCUT2D eigenvalue weighted by Gasteiger charge is 2.44. The van der Waals surface area contributed by atoms with Gasteiger partial charge in [0, 0.05) is 0 Å². The molecular formula is C20H26ClFN4O3S. The maximum atomic E-state index is 14.9. The van der Waals surface area contributed by atoms with Crippen molar-refractivity contribution in [3.63, 3.8) is 0 Å². The molecule has 5 heterocycles. The molecule has 2 aromatic heterocycles. The molecule has 1 spiro atoms. The summed E-state index contributed by atoms with van der Waals surface area (Å²) in [5.41, 5.74) is 0.948. The molecule has 7 nitrogen and oxygen atoms in total. The first-order chi connectivity index (χ1) is 14.6. The minimum absolute atomic E-state index is 0.0563. The summed E-state index contributed by atoms with van der Waals surface area (Å²) in [5.74, 6) is 0.00797. The Hall–Kier alpha value is -1.26. The maximum Gasteiger partial charge on any atom is 0.210 e. The van der Waals surface area contributed by atoms with Crippen molar-refractivity contribution in [3.8, 4) is 0 Å². The van der Waals surface area contributed by atoms with Gasteiger partial charge in [-0.15, -0.1) is 0 Å². The van der Waals surface area contributed by atoms with E-state index in [1.54, 1.807) is 0 Å². The van der Waals surface area contributed by atoms with Crippen LogP contribution in [-0.4, -0.2) is 65.5 Å². The van der Waals surface area contributed by atoms with Crippen LogP contribution in [-0.2, 0) is 20.6 Å². The lowest BCUT2D eigenvalue weighted by atomic mass is 10.1. The van der Waals surface area contributed by atoms with Crippen molar-refractivity contribution in [2.75, 3.05) is 43.6 Å². The van der Waals surface area contributed by atoms with Crippen LogP contribution >= 0.6 is 23.4 Å². The van der Waals surface area contributed by atoms with Crippen LogP contribution in [0.3, 0.4) is 0 Å². The van der Waals surface area contributed by atoms with E-state index in [1.165, 1.54) is 11.8 Å². The number of anilines is 1. The highest BCUT2D eigenvalue weighted by atomic mass is 35.5. The van der Waals surface area contributed by atoms with Gasteiger partial charge in [0.1, 0.15) is 17.9 Å². The Labute approximate surface area is 184 Å². The normalized spacial score (nSPS) is 22.3. The number of aryl methyl sites for hydroxylation is 1. The number of rotatable bonds is 2. The van der Waals surface area contributed by atoms with Crippen molar-refractivity contribution in [2.45, 2.75) is 50.6 Å². The predicted molar refractivity (Wildman–Crippen MR) is 115 cm³/mol. The summed E-state index contributed by atoms with van der Waals surface area (Å²) in [6, 6.07) is 0.0563. The van der Waals surface area contributed by atoms with E-state index in [-0.39, 0.29) is 16.7 Å². The summed E-state index contributed by atoms with van der Waals surface area (Å²) in [7, 11) is 0. The molecule has 0 bridgehead atoms. The second kappa shape index (κ2) is 9.08. The van der Waals surface area contributed by atoms with E-state index in [4.69, 9.17) is 30.8 Å². The zero-order valence-corrected chi connectivity index (χ0v) is 19.0. The van der Waals surface area contributed by atoms with Crippen LogP contribution in [0.15, 0.2) is 5.16 Å². The molecule has 0 aromatic carbocycles. The first-order valence-electron chi connectivity index (χ1n) is 10.4. The Bertz CT molecular complexity index is 929. The first kappa shape index (κ1) is 22.0. The highest BCUT2D eigenvalue weighted by Crippen LogP contribution is 2.39. The third-order valence-electron chi connectivity index (χ3n) is 5.34. The zero-order chi connectivity index (χ0) is 21.3. The van der Waals surface area contributed by atoms with Crippen LogP contribution in [0.25, 0.3) is 10.9 Å². The van der Waals surface area contributed by atoms with E-state index in [0.717, 1.165) is 17.9 Å². The van der Waals surface area contributed by atoms with Crippen molar-refractivity contribution < 1.29 is 18.6 Å². The van der Waals surface area contributed by atoms with E-state index < -0.39 is 11.6 Å². The fraction of sp³-hybridized carbons (Fsp3) is 0.650. The van der Waals surface area contributed by atoms with Crippen molar-refractivity contribution in [1.82, 2.24) is 15.0 Å². The molecule has 2 aromatic rings. The minimum Gasteiger partial charge on any atom is -0.374 e. The molecule has 3 aliphatic rings. The third-order valence-corrected chi connectivity index (χ3v) is 6.32. The summed E-state index contributed by atoms with van der Waals surface area (Å²) >= 11 is 7.54. The quantitative estimate of drug-likeness (QED) is 0.383. The number of ether oxygens (including phenoxy) is 3. The Kier molecular flexibility index (Phi) is 6.64. The SMILES string of the molecule is CC.CCSc1nc2c3c(nc(Cl)c(F)c3n1)CCC1COCC3(CN21)OCCO3. The Morgan fingerprint density at radius 3 is 2.73 bits per heavy atom. The lowest BCUT2D eigenvalue weighted by molar-refractivity contribution is -0.179. The van der Waals surface area contributed by atoms with E-state index in [0.29, 0.717) is 55.8 Å². The smallest absolute Gasteiger partial charge is 0.210 e. The molecular weight excluding hydrogens is 431 g/mol. The van der Waals surface area contributed by atoms with Crippen molar-refractivity contribution in [1.29, 1.82) is 0 Å². The molecule has 0 aliphatic carbocycles. The summed E-state index contributed by atoms with van der Waals surface area (Å²) in [4.78, 5) is 15.7. The zero-order valence-electron chi connectivity index (χ0n) is 17.4. The average Bonchev–Trinajstić information content (AvgIpc) is 3.07. The first-order valence-corrected chi connectivity index (χ1v) is 11.8. The summed E-state index contributed by atoms with van der Waals surface area (Å²) in [6.45, 7) is 8.41. The van der Waals surface area contributed by atoms with Crippen molar-refractivity contribution in [3.05, 3.63) is 16.7 Å². The number of pyridine rings is 1. The van der Waals surface area contributed by atoms with Gasteiger partial charge in [-0.3, -0.25) is 0 Å². The second-order valence-electron chi connectivity index (χ2n) is 7.09. The molecule has 0 N–H and O–H groups in total. The molecule has 164 valence electrons. The van der Waals surface area contributed by atoms with Crippen molar-refractivity contribution in [2.24, 2.45) is 0 Å². The van der Waals surface area contributed by atoms with E-state index in [1.807, 2.05) is 20.8 Å². The van der Waals surface area contributed by atoms with Gasteiger partial charge >= 0.3 is 0 Å². The summed E-state index contributed by atoms with van der Waals surface area (Å²) in [5, 5.41) is 0.997. The molecule has 1 atom stereocenters. The van der Waals surface area contributed by atoms with E-state index >= 15 is 0 Å². The molecule has 0 radical (unpaired) electrons. The van der Waals surface area contributed by atoms with Gasteiger partial charge in [0.15, 0.2) is 16.1 Å². The topological polar surface area (TPSA) is 69.6 Å². The number of halogens is 2. The molecule has 5 rings (SSSR count). The Morgan fingerprint density at radius 1 is 1.23 bits per heavy atom. The third kappa shape index (κ3) is 3.86. The predicted octanol–water partition coefficient (Wildman–Crippen LogP) is 3.85. The van der Waals surface area contributed by atoms with Gasteiger partial charge in [-0.1, -0.05) is 44.1 Å². The average molecular weight is 457 g/mol. The fourth-order valence-corrected chi connectivity index (χ4v) is 4.85. The second-order valence-corrected chi connectivity index (χ2v) is 8.68. The Morgan fingerprint density at radius 2 is 2.00 bits per heavy atom. The Balaban J connectivity index is 0.00000106. The van der Waals surface area contributed by atoms with Gasteiger partial charge in [-0.05, 0) is 18.6 Å². The van der Waals surface area contributed by atoms with E-state index in [2.05, 4.69) is 14.9 Å². The van der Waals surface area contributed by atoms with Crippen LogP contribution in [0.5, 0.6) is 0 Å². The lowest BCUT2D eigenvalue weighted by Gasteiger charge is -2.34. The van der Waals surface area contributed by atoms with Crippen LogP contribution in [0, 0.1) is 5.82 Å². The summed E-state index contributed by atoms with van der Waals surface area (Å²) < 4.78 is 32.6. The fourth-order valence-electron chi connectivity index (χ4n) is 4.09. The van der Waals surface area contributed by atoms with Crippen molar-refractivity contribution >= 4 is 40.1 Å². The lowest BCUT2D eigenvalue weighted by Crippen LogP contribution is -2.48. The van der Waals surface area contributed by atoms with Crippen LogP contribution in [0.1, 0.15) is 32.9 Å². The number of thioether (sulfide) groups is 1. The van der Waals surface area contributed by atoms with Gasteiger partial charge in [0.2, 0.25) is 5.79 Å². The van der Waals surface area contributed by atoms with E-state index in [9.17, 15) is 4.39 Å². The molecule has 2 saturated heterocycles. The molecule has 0 saturated carbocycles. The summed E-state index contributed by atoms with van der Waals surface area (Å²) in [6.07, 6.45) is 1.43. The van der Waals surface area contributed by atoms with Gasteiger partial charge in [-0.25, -0.2) is 19.3 Å².